The number of hydrogen-bond acceptors (Lipinski definition) is 4. The molecule has 0 aromatic heterocycles. The highest BCUT2D eigenvalue weighted by Crippen LogP contribution is 2.41. The summed E-state index contributed by atoms with van der Waals surface area (Å²) in [5.74, 6) is -0.278. The van der Waals surface area contributed by atoms with Gasteiger partial charge in [0.1, 0.15) is 5.60 Å². The van der Waals surface area contributed by atoms with Crippen LogP contribution in [0.25, 0.3) is 0 Å². The third-order valence-corrected chi connectivity index (χ3v) is 6.02. The van der Waals surface area contributed by atoms with Crippen molar-refractivity contribution in [1.29, 1.82) is 0 Å². The van der Waals surface area contributed by atoms with E-state index in [1.807, 2.05) is 13.8 Å². The number of hydrogen-bond donors (Lipinski definition) is 0. The Hall–Kier alpha value is -1.40. The van der Waals surface area contributed by atoms with E-state index in [1.54, 1.807) is 24.3 Å². The predicted molar refractivity (Wildman–Crippen MR) is 72.5 cm³/mol. The molecular weight excluding hydrogens is 278 g/mol. The smallest absolute Gasteiger partial charge is 0.306 e. The van der Waals surface area contributed by atoms with Crippen molar-refractivity contribution >= 4 is 16.0 Å². The molecule has 0 amide bonds. The second kappa shape index (κ2) is 4.30. The standard InChI is InChI=1S/C14H17NO4S/c1-10-3-5-12(6-4-10)20(17,18)15-8-11-7-13(16)19-14(11,2)9-15/h3-6,11H,7-9H2,1-2H3. The van der Waals surface area contributed by atoms with Gasteiger partial charge in [-0.05, 0) is 26.0 Å². The first-order chi connectivity index (χ1) is 9.31. The molecule has 0 bridgehead atoms. The topological polar surface area (TPSA) is 63.7 Å². The molecule has 1 aromatic rings. The lowest BCUT2D eigenvalue weighted by Gasteiger charge is -2.22. The zero-order valence-corrected chi connectivity index (χ0v) is 12.3. The van der Waals surface area contributed by atoms with Gasteiger partial charge in [0, 0.05) is 12.5 Å². The maximum absolute atomic E-state index is 12.6. The minimum absolute atomic E-state index is 0.0461. The summed E-state index contributed by atoms with van der Waals surface area (Å²) in [5, 5.41) is 0. The van der Waals surface area contributed by atoms with E-state index in [9.17, 15) is 13.2 Å². The van der Waals surface area contributed by atoms with Crippen LogP contribution in [0.1, 0.15) is 18.9 Å². The van der Waals surface area contributed by atoms with Gasteiger partial charge in [-0.1, -0.05) is 17.7 Å². The summed E-state index contributed by atoms with van der Waals surface area (Å²) in [5.41, 5.74) is 0.345. The van der Waals surface area contributed by atoms with Crippen molar-refractivity contribution in [2.24, 2.45) is 5.92 Å². The molecule has 20 heavy (non-hydrogen) atoms. The molecule has 108 valence electrons. The second-order valence-corrected chi connectivity index (χ2v) is 7.74. The molecular formula is C14H17NO4S. The molecule has 2 fully saturated rings. The molecule has 0 saturated carbocycles. The van der Waals surface area contributed by atoms with E-state index >= 15 is 0 Å². The highest BCUT2D eigenvalue weighted by molar-refractivity contribution is 7.89. The summed E-state index contributed by atoms with van der Waals surface area (Å²) in [7, 11) is -3.51. The zero-order valence-electron chi connectivity index (χ0n) is 11.5. The van der Waals surface area contributed by atoms with Crippen LogP contribution in [0.3, 0.4) is 0 Å². The SMILES string of the molecule is Cc1ccc(S(=O)(=O)N2CC3CC(=O)OC3(C)C2)cc1. The van der Waals surface area contributed by atoms with Crippen LogP contribution in [0, 0.1) is 12.8 Å². The monoisotopic (exact) mass is 295 g/mol. The highest BCUT2D eigenvalue weighted by Gasteiger charge is 2.54. The summed E-state index contributed by atoms with van der Waals surface area (Å²) in [4.78, 5) is 11.6. The molecule has 2 heterocycles. The molecule has 0 radical (unpaired) electrons. The van der Waals surface area contributed by atoms with Gasteiger partial charge in [-0.25, -0.2) is 8.42 Å². The Labute approximate surface area is 118 Å². The predicted octanol–water partition coefficient (Wildman–Crippen LogP) is 1.32. The molecule has 3 rings (SSSR count). The minimum atomic E-state index is -3.51. The van der Waals surface area contributed by atoms with Crippen LogP contribution < -0.4 is 0 Å². The Morgan fingerprint density at radius 1 is 1.30 bits per heavy atom. The molecule has 2 unspecified atom stereocenters. The van der Waals surface area contributed by atoms with Crippen molar-refractivity contribution < 1.29 is 17.9 Å². The van der Waals surface area contributed by atoms with Gasteiger partial charge < -0.3 is 4.74 Å². The number of sulfonamides is 1. The van der Waals surface area contributed by atoms with E-state index in [0.717, 1.165) is 5.56 Å². The first kappa shape index (κ1) is 13.6. The lowest BCUT2D eigenvalue weighted by molar-refractivity contribution is -0.147. The van der Waals surface area contributed by atoms with Gasteiger partial charge in [0.15, 0.2) is 0 Å². The van der Waals surface area contributed by atoms with Crippen LogP contribution >= 0.6 is 0 Å². The Morgan fingerprint density at radius 3 is 2.55 bits per heavy atom. The number of aryl methyl sites for hydroxylation is 1. The van der Waals surface area contributed by atoms with Crippen LogP contribution in [-0.2, 0) is 19.6 Å². The fourth-order valence-electron chi connectivity index (χ4n) is 2.92. The summed E-state index contributed by atoms with van der Waals surface area (Å²) in [6, 6.07) is 6.80. The third-order valence-electron chi connectivity index (χ3n) is 4.20. The minimum Gasteiger partial charge on any atom is -0.458 e. The van der Waals surface area contributed by atoms with Crippen molar-refractivity contribution in [3.63, 3.8) is 0 Å². The Balaban J connectivity index is 1.88. The largest absolute Gasteiger partial charge is 0.458 e. The van der Waals surface area contributed by atoms with Crippen molar-refractivity contribution in [1.82, 2.24) is 4.31 Å². The van der Waals surface area contributed by atoms with Gasteiger partial charge in [0.05, 0.1) is 17.9 Å². The number of carbonyl (C=O) groups is 1. The van der Waals surface area contributed by atoms with Crippen molar-refractivity contribution in [3.8, 4) is 0 Å². The fourth-order valence-corrected chi connectivity index (χ4v) is 4.50. The molecule has 5 nitrogen and oxygen atoms in total. The zero-order chi connectivity index (χ0) is 14.5. The number of benzene rings is 1. The Morgan fingerprint density at radius 2 is 1.95 bits per heavy atom. The highest BCUT2D eigenvalue weighted by atomic mass is 32.2. The van der Waals surface area contributed by atoms with Crippen LogP contribution in [0.15, 0.2) is 29.2 Å². The molecule has 0 spiro atoms. The number of esters is 1. The van der Waals surface area contributed by atoms with Crippen molar-refractivity contribution in [2.45, 2.75) is 30.8 Å². The van der Waals surface area contributed by atoms with E-state index < -0.39 is 15.6 Å². The van der Waals surface area contributed by atoms with Crippen LogP contribution in [0.5, 0.6) is 0 Å². The van der Waals surface area contributed by atoms with Crippen molar-refractivity contribution in [2.75, 3.05) is 13.1 Å². The fraction of sp³-hybridized carbons (Fsp3) is 0.500. The maximum atomic E-state index is 12.6. The molecule has 2 saturated heterocycles. The van der Waals surface area contributed by atoms with E-state index in [1.165, 1.54) is 4.31 Å². The van der Waals surface area contributed by atoms with Crippen LogP contribution in [0.4, 0.5) is 0 Å². The summed E-state index contributed by atoms with van der Waals surface area (Å²) < 4.78 is 31.9. The van der Waals surface area contributed by atoms with Crippen molar-refractivity contribution in [3.05, 3.63) is 29.8 Å². The number of carbonyl (C=O) groups excluding carboxylic acids is 1. The first-order valence-corrected chi connectivity index (χ1v) is 8.04. The third kappa shape index (κ3) is 2.03. The molecule has 1 aromatic carbocycles. The molecule has 0 N–H and O–H groups in total. The number of fused-ring (bicyclic) bond motifs is 1. The van der Waals surface area contributed by atoms with Crippen LogP contribution in [0.2, 0.25) is 0 Å². The number of ether oxygens (including phenoxy) is 1. The van der Waals surface area contributed by atoms with E-state index in [0.29, 0.717) is 13.0 Å². The lowest BCUT2D eigenvalue weighted by Crippen LogP contribution is -2.36. The maximum Gasteiger partial charge on any atom is 0.306 e. The average molecular weight is 295 g/mol. The first-order valence-electron chi connectivity index (χ1n) is 6.60. The van der Waals surface area contributed by atoms with E-state index in [4.69, 9.17) is 4.74 Å². The van der Waals surface area contributed by atoms with Crippen LogP contribution in [-0.4, -0.2) is 37.4 Å². The van der Waals surface area contributed by atoms with Gasteiger partial charge in [0.2, 0.25) is 10.0 Å². The molecule has 2 aliphatic heterocycles. The molecule has 0 aliphatic carbocycles. The van der Waals surface area contributed by atoms with E-state index in [-0.39, 0.29) is 23.3 Å². The Kier molecular flexibility index (Phi) is 2.92. The molecule has 2 aliphatic rings. The molecule has 2 atom stereocenters. The lowest BCUT2D eigenvalue weighted by atomic mass is 9.93. The van der Waals surface area contributed by atoms with E-state index in [2.05, 4.69) is 0 Å². The van der Waals surface area contributed by atoms with Gasteiger partial charge in [-0.2, -0.15) is 4.31 Å². The number of nitrogens with zero attached hydrogens (tertiary/aromatic N) is 1. The van der Waals surface area contributed by atoms with Gasteiger partial charge in [-0.3, -0.25) is 4.79 Å². The van der Waals surface area contributed by atoms with Gasteiger partial charge in [-0.15, -0.1) is 0 Å². The second-order valence-electron chi connectivity index (χ2n) is 5.80. The van der Waals surface area contributed by atoms with Gasteiger partial charge >= 0.3 is 5.97 Å². The molecule has 6 heteroatoms. The normalized spacial score (nSPS) is 30.3. The summed E-state index contributed by atoms with van der Waals surface area (Å²) in [6.07, 6.45) is 0.302. The quantitative estimate of drug-likeness (QED) is 0.772. The summed E-state index contributed by atoms with van der Waals surface area (Å²) in [6.45, 7) is 4.31. The summed E-state index contributed by atoms with van der Waals surface area (Å²) >= 11 is 0. The average Bonchev–Trinajstić information content (AvgIpc) is 2.80. The number of rotatable bonds is 2. The Bertz CT molecular complexity index is 652. The van der Waals surface area contributed by atoms with Gasteiger partial charge in [0.25, 0.3) is 0 Å².